The number of carboxylic acid groups (broad SMARTS) is 1. The molecular formula is C17H21NO6. The highest BCUT2D eigenvalue weighted by molar-refractivity contribution is 5.76. The maximum atomic E-state index is 11.9. The zero-order valence-electron chi connectivity index (χ0n) is 13.6. The van der Waals surface area contributed by atoms with E-state index in [2.05, 4.69) is 4.90 Å². The Morgan fingerprint density at radius 2 is 2.21 bits per heavy atom. The second kappa shape index (κ2) is 5.82. The molecule has 0 unspecified atom stereocenters. The third kappa shape index (κ3) is 2.39. The van der Waals surface area contributed by atoms with Crippen LogP contribution in [0.25, 0.3) is 0 Å². The van der Waals surface area contributed by atoms with Crippen LogP contribution in [0.2, 0.25) is 0 Å². The molecular weight excluding hydrogens is 314 g/mol. The highest BCUT2D eigenvalue weighted by atomic mass is 16.7. The standard InChI is InChI=1S/C17H21NO6/c1-21-13-5-15-14(23-10-24-15)4-11(13)6-18-7-12-2-3-22-9-17(12,8-18)16(19)20/h4-5,12H,2-3,6-10H2,1H3,(H,19,20)/t12-,17+/m0/s1. The largest absolute Gasteiger partial charge is 0.496 e. The summed E-state index contributed by atoms with van der Waals surface area (Å²) in [4.78, 5) is 14.0. The molecule has 0 bridgehead atoms. The average Bonchev–Trinajstić information content (AvgIpc) is 3.17. The predicted molar refractivity (Wildman–Crippen MR) is 83.4 cm³/mol. The average molecular weight is 335 g/mol. The minimum absolute atomic E-state index is 0.128. The quantitative estimate of drug-likeness (QED) is 0.890. The summed E-state index contributed by atoms with van der Waals surface area (Å²) in [6.07, 6.45) is 0.793. The van der Waals surface area contributed by atoms with Crippen LogP contribution in [0.4, 0.5) is 0 Å². The van der Waals surface area contributed by atoms with Gasteiger partial charge >= 0.3 is 5.97 Å². The first kappa shape index (κ1) is 15.5. The van der Waals surface area contributed by atoms with Crippen LogP contribution >= 0.6 is 0 Å². The fourth-order valence-corrected chi connectivity index (χ4v) is 4.03. The van der Waals surface area contributed by atoms with Gasteiger partial charge in [-0.2, -0.15) is 0 Å². The Morgan fingerprint density at radius 3 is 2.92 bits per heavy atom. The van der Waals surface area contributed by atoms with Crippen molar-refractivity contribution in [2.75, 3.05) is 40.2 Å². The summed E-state index contributed by atoms with van der Waals surface area (Å²) in [5.41, 5.74) is 0.184. The van der Waals surface area contributed by atoms with Gasteiger partial charge in [0.2, 0.25) is 6.79 Å². The summed E-state index contributed by atoms with van der Waals surface area (Å²) in [5.74, 6) is 1.49. The number of hydrogen-bond donors (Lipinski definition) is 1. The molecule has 0 amide bonds. The van der Waals surface area contributed by atoms with Gasteiger partial charge in [0.1, 0.15) is 11.2 Å². The van der Waals surface area contributed by atoms with E-state index in [1.807, 2.05) is 12.1 Å². The molecule has 0 spiro atoms. The summed E-state index contributed by atoms with van der Waals surface area (Å²) in [6.45, 7) is 3.01. The van der Waals surface area contributed by atoms with E-state index in [0.717, 1.165) is 24.3 Å². The van der Waals surface area contributed by atoms with E-state index in [-0.39, 0.29) is 12.7 Å². The van der Waals surface area contributed by atoms with Gasteiger partial charge in [0.05, 0.1) is 13.7 Å². The van der Waals surface area contributed by atoms with Gasteiger partial charge in [0, 0.05) is 37.9 Å². The number of likely N-dealkylation sites (tertiary alicyclic amines) is 1. The fourth-order valence-electron chi connectivity index (χ4n) is 4.03. The normalized spacial score (nSPS) is 28.6. The Hall–Kier alpha value is -1.99. The van der Waals surface area contributed by atoms with Crippen LogP contribution < -0.4 is 14.2 Å². The molecule has 3 aliphatic rings. The lowest BCUT2D eigenvalue weighted by atomic mass is 9.76. The van der Waals surface area contributed by atoms with Crippen LogP contribution in [0.1, 0.15) is 12.0 Å². The van der Waals surface area contributed by atoms with E-state index in [9.17, 15) is 9.90 Å². The Balaban J connectivity index is 1.57. The third-order valence-electron chi connectivity index (χ3n) is 5.33. The molecule has 1 aromatic rings. The lowest BCUT2D eigenvalue weighted by Crippen LogP contribution is -2.46. The summed E-state index contributed by atoms with van der Waals surface area (Å²) < 4.78 is 21.8. The number of carboxylic acids is 1. The predicted octanol–water partition coefficient (Wildman–Crippen LogP) is 1.35. The van der Waals surface area contributed by atoms with E-state index >= 15 is 0 Å². The van der Waals surface area contributed by atoms with Crippen molar-refractivity contribution in [3.8, 4) is 17.2 Å². The van der Waals surface area contributed by atoms with Gasteiger partial charge in [-0.15, -0.1) is 0 Å². The lowest BCUT2D eigenvalue weighted by molar-refractivity contribution is -0.159. The van der Waals surface area contributed by atoms with E-state index in [1.54, 1.807) is 7.11 Å². The summed E-state index contributed by atoms with van der Waals surface area (Å²) in [5, 5.41) is 9.74. The maximum absolute atomic E-state index is 11.9. The number of nitrogens with zero attached hydrogens (tertiary/aromatic N) is 1. The number of ether oxygens (including phenoxy) is 4. The molecule has 4 rings (SSSR count). The van der Waals surface area contributed by atoms with Gasteiger partial charge < -0.3 is 24.1 Å². The van der Waals surface area contributed by atoms with Crippen LogP contribution in [0.15, 0.2) is 12.1 Å². The van der Waals surface area contributed by atoms with E-state index in [1.165, 1.54) is 0 Å². The number of rotatable bonds is 4. The van der Waals surface area contributed by atoms with Crippen LogP contribution in [-0.4, -0.2) is 56.2 Å². The molecule has 1 N–H and O–H groups in total. The molecule has 0 radical (unpaired) electrons. The van der Waals surface area contributed by atoms with Crippen LogP contribution in [0.3, 0.4) is 0 Å². The Morgan fingerprint density at radius 1 is 1.42 bits per heavy atom. The lowest BCUT2D eigenvalue weighted by Gasteiger charge is -2.34. The van der Waals surface area contributed by atoms with Gasteiger partial charge in [-0.25, -0.2) is 0 Å². The topological polar surface area (TPSA) is 77.5 Å². The molecule has 1 aromatic carbocycles. The number of fused-ring (bicyclic) bond motifs is 2. The first-order valence-electron chi connectivity index (χ1n) is 8.12. The highest BCUT2D eigenvalue weighted by Crippen LogP contribution is 2.44. The minimum atomic E-state index is -0.790. The molecule has 0 saturated carbocycles. The van der Waals surface area contributed by atoms with Crippen molar-refractivity contribution in [2.45, 2.75) is 13.0 Å². The number of carbonyl (C=O) groups is 1. The van der Waals surface area contributed by atoms with E-state index in [0.29, 0.717) is 37.8 Å². The number of hydrogen-bond acceptors (Lipinski definition) is 6. The van der Waals surface area contributed by atoms with Gasteiger partial charge in [-0.05, 0) is 18.4 Å². The highest BCUT2D eigenvalue weighted by Gasteiger charge is 2.54. The Kier molecular flexibility index (Phi) is 3.77. The molecule has 24 heavy (non-hydrogen) atoms. The van der Waals surface area contributed by atoms with E-state index < -0.39 is 11.4 Å². The molecule has 3 heterocycles. The molecule has 2 atom stereocenters. The molecule has 7 nitrogen and oxygen atoms in total. The number of aliphatic carboxylic acids is 1. The van der Waals surface area contributed by atoms with Crippen molar-refractivity contribution in [3.05, 3.63) is 17.7 Å². The summed E-state index contributed by atoms with van der Waals surface area (Å²) in [6, 6.07) is 3.75. The third-order valence-corrected chi connectivity index (χ3v) is 5.33. The number of benzene rings is 1. The molecule has 2 saturated heterocycles. The van der Waals surface area contributed by atoms with Crippen molar-refractivity contribution in [1.82, 2.24) is 4.90 Å². The second-order valence-corrected chi connectivity index (χ2v) is 6.69. The zero-order valence-corrected chi connectivity index (χ0v) is 13.6. The van der Waals surface area contributed by atoms with Crippen molar-refractivity contribution in [2.24, 2.45) is 11.3 Å². The monoisotopic (exact) mass is 335 g/mol. The molecule has 0 aromatic heterocycles. The van der Waals surface area contributed by atoms with Crippen molar-refractivity contribution < 1.29 is 28.8 Å². The second-order valence-electron chi connectivity index (χ2n) is 6.69. The van der Waals surface area contributed by atoms with Crippen molar-refractivity contribution >= 4 is 5.97 Å². The van der Waals surface area contributed by atoms with Crippen molar-refractivity contribution in [3.63, 3.8) is 0 Å². The fraction of sp³-hybridized carbons (Fsp3) is 0.588. The molecule has 3 aliphatic heterocycles. The molecule has 130 valence electrons. The Bertz CT molecular complexity index is 663. The van der Waals surface area contributed by atoms with Gasteiger partial charge in [0.15, 0.2) is 11.5 Å². The summed E-state index contributed by atoms with van der Waals surface area (Å²) >= 11 is 0. The van der Waals surface area contributed by atoms with E-state index in [4.69, 9.17) is 18.9 Å². The Labute approximate surface area is 140 Å². The maximum Gasteiger partial charge on any atom is 0.313 e. The SMILES string of the molecule is COc1cc2c(cc1CN1C[C@@H]3CCOC[C@]3(C(=O)O)C1)OCO2. The smallest absolute Gasteiger partial charge is 0.313 e. The minimum Gasteiger partial charge on any atom is -0.496 e. The van der Waals surface area contributed by atoms with Gasteiger partial charge in [0.25, 0.3) is 0 Å². The summed E-state index contributed by atoms with van der Waals surface area (Å²) in [7, 11) is 1.62. The number of methoxy groups -OCH3 is 1. The van der Waals surface area contributed by atoms with Crippen LogP contribution in [0, 0.1) is 11.3 Å². The van der Waals surface area contributed by atoms with Crippen molar-refractivity contribution in [1.29, 1.82) is 0 Å². The van der Waals surface area contributed by atoms with Crippen LogP contribution in [-0.2, 0) is 16.1 Å². The molecule has 0 aliphatic carbocycles. The first-order valence-corrected chi connectivity index (χ1v) is 8.12. The molecule has 7 heteroatoms. The zero-order chi connectivity index (χ0) is 16.7. The van der Waals surface area contributed by atoms with Gasteiger partial charge in [-0.3, -0.25) is 9.69 Å². The first-order chi connectivity index (χ1) is 11.6. The molecule has 2 fully saturated rings. The van der Waals surface area contributed by atoms with Gasteiger partial charge in [-0.1, -0.05) is 0 Å². The van der Waals surface area contributed by atoms with Crippen LogP contribution in [0.5, 0.6) is 17.2 Å².